The molecule has 0 spiro atoms. The van der Waals surface area contributed by atoms with Gasteiger partial charge in [-0.15, -0.1) is 0 Å². The SMILES string of the molecule is ISN1CC=CCC1. The molecule has 0 aromatic carbocycles. The Hall–Kier alpha value is 0.780. The molecule has 0 atom stereocenters. The van der Waals surface area contributed by atoms with Crippen molar-refractivity contribution in [1.82, 2.24) is 4.31 Å². The van der Waals surface area contributed by atoms with Crippen molar-refractivity contribution in [1.29, 1.82) is 0 Å². The van der Waals surface area contributed by atoms with Gasteiger partial charge in [0, 0.05) is 34.3 Å². The van der Waals surface area contributed by atoms with Gasteiger partial charge in [-0.05, 0) is 15.5 Å². The maximum absolute atomic E-state index is 2.33. The predicted molar refractivity (Wildman–Crippen MR) is 46.9 cm³/mol. The average molecular weight is 241 g/mol. The Kier molecular flexibility index (Phi) is 3.22. The fourth-order valence-corrected chi connectivity index (χ4v) is 2.07. The van der Waals surface area contributed by atoms with Gasteiger partial charge in [-0.1, -0.05) is 12.2 Å². The first kappa shape index (κ1) is 6.89. The second-order valence-electron chi connectivity index (χ2n) is 1.72. The summed E-state index contributed by atoms with van der Waals surface area (Å²) in [6.45, 7) is 2.33. The van der Waals surface area contributed by atoms with Crippen molar-refractivity contribution in [2.45, 2.75) is 6.42 Å². The lowest BCUT2D eigenvalue weighted by Gasteiger charge is -2.17. The molecule has 0 saturated carbocycles. The highest BCUT2D eigenvalue weighted by Crippen LogP contribution is 2.20. The molecule has 1 aliphatic rings. The molecule has 1 aliphatic heterocycles. The molecule has 0 aromatic rings. The molecule has 3 heteroatoms. The molecule has 0 amide bonds. The lowest BCUT2D eigenvalue weighted by atomic mass is 10.3. The van der Waals surface area contributed by atoms with Gasteiger partial charge in [0.15, 0.2) is 0 Å². The van der Waals surface area contributed by atoms with Crippen LogP contribution >= 0.6 is 30.3 Å². The van der Waals surface area contributed by atoms with Gasteiger partial charge < -0.3 is 0 Å². The van der Waals surface area contributed by atoms with Crippen molar-refractivity contribution in [3.05, 3.63) is 12.2 Å². The Morgan fingerprint density at radius 2 is 2.38 bits per heavy atom. The van der Waals surface area contributed by atoms with Gasteiger partial charge in [-0.25, -0.2) is 4.31 Å². The monoisotopic (exact) mass is 241 g/mol. The van der Waals surface area contributed by atoms with E-state index in [4.69, 9.17) is 0 Å². The summed E-state index contributed by atoms with van der Waals surface area (Å²) in [5, 5.41) is 0. The van der Waals surface area contributed by atoms with E-state index in [0.717, 1.165) is 6.54 Å². The highest BCUT2D eigenvalue weighted by Gasteiger charge is 2.02. The standard InChI is InChI=1S/C5H8INS/c6-8-7-4-2-1-3-5-7/h1-2H,3-5H2. The lowest BCUT2D eigenvalue weighted by Crippen LogP contribution is -2.17. The van der Waals surface area contributed by atoms with Crippen molar-refractivity contribution < 1.29 is 0 Å². The molecular formula is C5H8INS. The summed E-state index contributed by atoms with van der Waals surface area (Å²) in [4.78, 5) is 0. The van der Waals surface area contributed by atoms with Gasteiger partial charge in [0.05, 0.1) is 0 Å². The first-order chi connectivity index (χ1) is 3.93. The molecule has 0 radical (unpaired) electrons. The van der Waals surface area contributed by atoms with Crippen LogP contribution in [-0.2, 0) is 0 Å². The third-order valence-electron chi connectivity index (χ3n) is 1.12. The fourth-order valence-electron chi connectivity index (χ4n) is 0.682. The van der Waals surface area contributed by atoms with E-state index in [0.29, 0.717) is 0 Å². The Morgan fingerprint density at radius 3 is 2.75 bits per heavy atom. The number of hydrogen-bond acceptors (Lipinski definition) is 2. The largest absolute Gasteiger partial charge is 0.238 e. The lowest BCUT2D eigenvalue weighted by molar-refractivity contribution is 0.516. The molecule has 0 aliphatic carbocycles. The smallest absolute Gasteiger partial charge is 0.0277 e. The molecule has 1 nitrogen and oxygen atoms in total. The number of hydrogen-bond donors (Lipinski definition) is 0. The van der Waals surface area contributed by atoms with Crippen LogP contribution in [-0.4, -0.2) is 17.4 Å². The van der Waals surface area contributed by atoms with E-state index in [2.05, 4.69) is 37.7 Å². The molecule has 1 rings (SSSR count). The fraction of sp³-hybridized carbons (Fsp3) is 0.600. The van der Waals surface area contributed by atoms with Crippen LogP contribution in [0.1, 0.15) is 6.42 Å². The normalized spacial score (nSPS) is 21.6. The first-order valence-electron chi connectivity index (χ1n) is 2.62. The summed E-state index contributed by atoms with van der Waals surface area (Å²) >= 11 is 2.32. The van der Waals surface area contributed by atoms with E-state index in [-0.39, 0.29) is 0 Å². The van der Waals surface area contributed by atoms with E-state index in [1.165, 1.54) is 13.0 Å². The van der Waals surface area contributed by atoms with Crippen molar-refractivity contribution in [2.75, 3.05) is 13.1 Å². The van der Waals surface area contributed by atoms with E-state index in [1.54, 1.807) is 9.12 Å². The van der Waals surface area contributed by atoms with Crippen LogP contribution in [0.25, 0.3) is 0 Å². The summed E-state index contributed by atoms with van der Waals surface area (Å²) in [6, 6.07) is 0. The molecule has 0 N–H and O–H groups in total. The highest BCUT2D eigenvalue weighted by atomic mass is 127. The summed E-state index contributed by atoms with van der Waals surface area (Å²) in [6.07, 6.45) is 5.68. The quantitative estimate of drug-likeness (QED) is 0.393. The molecule has 8 heavy (non-hydrogen) atoms. The molecule has 0 saturated heterocycles. The molecule has 46 valence electrons. The van der Waals surface area contributed by atoms with E-state index in [1.807, 2.05) is 0 Å². The zero-order chi connectivity index (χ0) is 5.82. The van der Waals surface area contributed by atoms with Gasteiger partial charge >= 0.3 is 0 Å². The van der Waals surface area contributed by atoms with E-state index < -0.39 is 0 Å². The predicted octanol–water partition coefficient (Wildman–Crippen LogP) is 2.25. The minimum absolute atomic E-state index is 1.12. The summed E-state index contributed by atoms with van der Waals surface area (Å²) in [5.41, 5.74) is 0. The van der Waals surface area contributed by atoms with Gasteiger partial charge in [0.2, 0.25) is 0 Å². The zero-order valence-corrected chi connectivity index (χ0v) is 7.48. The molecule has 0 aromatic heterocycles. The maximum Gasteiger partial charge on any atom is 0.0277 e. The average Bonchev–Trinajstić information content (AvgIpc) is 1.90. The highest BCUT2D eigenvalue weighted by molar-refractivity contribution is 14.2. The molecule has 0 bridgehead atoms. The van der Waals surface area contributed by atoms with Crippen LogP contribution in [0.4, 0.5) is 0 Å². The molecule has 1 heterocycles. The zero-order valence-electron chi connectivity index (χ0n) is 4.51. The molecule has 0 unspecified atom stereocenters. The Balaban J connectivity index is 2.27. The summed E-state index contributed by atoms with van der Waals surface area (Å²) in [5.74, 6) is 0. The van der Waals surface area contributed by atoms with E-state index in [9.17, 15) is 0 Å². The van der Waals surface area contributed by atoms with Crippen molar-refractivity contribution in [2.24, 2.45) is 0 Å². The second-order valence-corrected chi connectivity index (χ2v) is 3.55. The first-order valence-corrected chi connectivity index (χ1v) is 5.94. The van der Waals surface area contributed by atoms with Crippen molar-refractivity contribution >= 4 is 30.3 Å². The van der Waals surface area contributed by atoms with Crippen LogP contribution in [0.2, 0.25) is 0 Å². The van der Waals surface area contributed by atoms with Crippen LogP contribution in [0.15, 0.2) is 12.2 Å². The topological polar surface area (TPSA) is 3.24 Å². The third-order valence-corrected chi connectivity index (χ3v) is 3.32. The summed E-state index contributed by atoms with van der Waals surface area (Å²) < 4.78 is 2.33. The van der Waals surface area contributed by atoms with Crippen LogP contribution in [0.5, 0.6) is 0 Å². The van der Waals surface area contributed by atoms with Gasteiger partial charge in [-0.3, -0.25) is 0 Å². The minimum atomic E-state index is 1.12. The van der Waals surface area contributed by atoms with Crippen molar-refractivity contribution in [3.8, 4) is 0 Å². The Morgan fingerprint density at radius 1 is 1.50 bits per heavy atom. The van der Waals surface area contributed by atoms with Crippen LogP contribution < -0.4 is 0 Å². The van der Waals surface area contributed by atoms with Gasteiger partial charge in [-0.2, -0.15) is 0 Å². The van der Waals surface area contributed by atoms with Crippen LogP contribution in [0, 0.1) is 0 Å². The van der Waals surface area contributed by atoms with Crippen LogP contribution in [0.3, 0.4) is 0 Å². The maximum atomic E-state index is 2.33. The van der Waals surface area contributed by atoms with Gasteiger partial charge in [0.25, 0.3) is 0 Å². The number of rotatable bonds is 1. The minimum Gasteiger partial charge on any atom is -0.238 e. The van der Waals surface area contributed by atoms with E-state index >= 15 is 0 Å². The molecule has 0 fully saturated rings. The number of nitrogens with zero attached hydrogens (tertiary/aromatic N) is 1. The summed E-state index contributed by atoms with van der Waals surface area (Å²) in [7, 11) is 1.80. The Labute approximate surface area is 66.2 Å². The Bertz CT molecular complexity index is 94.4. The third kappa shape index (κ3) is 1.95. The number of halogens is 1. The molecular weight excluding hydrogens is 233 g/mol. The van der Waals surface area contributed by atoms with Crippen molar-refractivity contribution in [3.63, 3.8) is 0 Å². The van der Waals surface area contributed by atoms with Gasteiger partial charge in [0.1, 0.15) is 0 Å². The second kappa shape index (κ2) is 3.74.